The molecule has 8 N–H and O–H groups in total. The second-order valence-corrected chi connectivity index (χ2v) is 23.9. The van der Waals surface area contributed by atoms with Gasteiger partial charge >= 0.3 is 33.3 Å². The number of hydrogen-bond donors (Lipinski definition) is 7. The summed E-state index contributed by atoms with van der Waals surface area (Å²) in [5.74, 6) is -4.17. The predicted molar refractivity (Wildman–Crippen MR) is 285 cm³/mol. The van der Waals surface area contributed by atoms with E-state index in [0.717, 1.165) is 49.0 Å². The normalized spacial score (nSPS) is 28.9. The van der Waals surface area contributed by atoms with Crippen LogP contribution in [0.3, 0.4) is 0 Å². The first-order chi connectivity index (χ1) is 36.3. The highest BCUT2D eigenvalue weighted by Crippen LogP contribution is 2.60. The van der Waals surface area contributed by atoms with E-state index in [-0.39, 0.29) is 31.5 Å². The number of aliphatic hydroxyl groups excluding tert-OH is 4. The number of anilines is 1. The predicted octanol–water partition coefficient (Wildman–Crippen LogP) is 8.84. The lowest BCUT2D eigenvalue weighted by Gasteiger charge is -2.39. The van der Waals surface area contributed by atoms with Gasteiger partial charge in [0.2, 0.25) is 0 Å². The molecule has 1 aromatic rings. The van der Waals surface area contributed by atoms with Crippen LogP contribution in [-0.2, 0) is 51.1 Å². The highest BCUT2D eigenvalue weighted by molar-refractivity contribution is 7.61. The standard InChI is InChI=1S/C53H93N3O18P2/c1-4-6-21-27-40(57)31-32-42-44(58)35-45(59)43-28-23-19-20-25-30-49(61)72-41(36-69-48(60)29-24-18-16-14-12-10-8-7-9-11-13-15-17-22-26-39(3)5-2)37-70-75(65,66)74-76(67,68)71-38-46(51(63)50(42)62)73-52(43)56-34-33-47(54)55-53(56)64/h31-34,39-43,45-46,50-52,57,59,62-63H,4-30,35-38H2,1-3H3,(H,65,66)(H,67,68)(H2,54,55,64)/b32-31-/t39?,40-,41+,42-,43-,45-,46+,50-,51+,52+/m0/s1. The number of nitrogens with two attached hydrogens (primary N) is 1. The van der Waals surface area contributed by atoms with Crippen LogP contribution in [0.2, 0.25) is 0 Å². The summed E-state index contributed by atoms with van der Waals surface area (Å²) >= 11 is 0. The Labute approximate surface area is 450 Å². The van der Waals surface area contributed by atoms with Gasteiger partial charge in [-0.3, -0.25) is 28.0 Å². The van der Waals surface area contributed by atoms with Crippen molar-refractivity contribution >= 4 is 39.2 Å². The van der Waals surface area contributed by atoms with Crippen LogP contribution in [0.5, 0.6) is 0 Å². The van der Waals surface area contributed by atoms with E-state index in [0.29, 0.717) is 38.5 Å². The molecule has 0 aliphatic carbocycles. The van der Waals surface area contributed by atoms with Crippen molar-refractivity contribution < 1.29 is 81.3 Å². The molecule has 0 spiro atoms. The molecule has 3 rings (SSSR count). The Morgan fingerprint density at radius 2 is 1.42 bits per heavy atom. The minimum absolute atomic E-state index is 0.0580. The van der Waals surface area contributed by atoms with Gasteiger partial charge in [0.15, 0.2) is 6.10 Å². The van der Waals surface area contributed by atoms with Gasteiger partial charge in [0.1, 0.15) is 36.6 Å². The van der Waals surface area contributed by atoms with E-state index in [1.54, 1.807) is 0 Å². The topological polar surface area (TPSA) is 323 Å². The molecule has 2 saturated heterocycles. The first kappa shape index (κ1) is 67.4. The molecule has 21 nitrogen and oxygen atoms in total. The maximum atomic E-state index is 14.0. The van der Waals surface area contributed by atoms with Crippen molar-refractivity contribution in [2.75, 3.05) is 25.6 Å². The number of Topliss-reactive ketones (excluding diaryl/α,β-unsaturated/α-hetero) is 1. The van der Waals surface area contributed by atoms with E-state index < -0.39 is 120 Å². The number of carbonyl (C=O) groups is 3. The van der Waals surface area contributed by atoms with Crippen LogP contribution in [0.15, 0.2) is 29.2 Å². The summed E-state index contributed by atoms with van der Waals surface area (Å²) in [4.78, 5) is 78.2. The molecular weight excluding hydrogens is 1030 g/mol. The molecule has 12 atom stereocenters. The minimum atomic E-state index is -5.71. The van der Waals surface area contributed by atoms with E-state index in [2.05, 4.69) is 23.1 Å². The van der Waals surface area contributed by atoms with Crippen molar-refractivity contribution in [3.63, 3.8) is 0 Å². The zero-order chi connectivity index (χ0) is 55.9. The highest BCUT2D eigenvalue weighted by Gasteiger charge is 2.45. The average molecular weight is 1120 g/mol. The molecule has 3 unspecified atom stereocenters. The molecule has 0 amide bonds. The number of aliphatic hydroxyl groups is 4. The number of nitrogens with zero attached hydrogens (tertiary/aromatic N) is 2. The number of aromatic nitrogens is 2. The van der Waals surface area contributed by atoms with E-state index >= 15 is 0 Å². The van der Waals surface area contributed by atoms with E-state index in [1.807, 2.05) is 6.92 Å². The molecule has 2 aliphatic heterocycles. The Kier molecular flexibility index (Phi) is 32.9. The monoisotopic (exact) mass is 1120 g/mol. The SMILES string of the molecule is CCCCC[C@H](O)/C=C\[C@H]1C(=O)C[C@H](O)[C@@H]2CCCCCCC(=O)O[C@H](COC(=O)CCCCCCCCCCCCCCCCC(C)CC)COP(=O)(O)OP(=O)(O)OC[C@@H](O[C@H]2n2ccc(N)nc2=O)[C@@H](O)[C@H]1O. The van der Waals surface area contributed by atoms with Crippen LogP contribution in [-0.4, -0.2) is 114 Å². The number of phosphoric acid groups is 2. The van der Waals surface area contributed by atoms with Gasteiger partial charge in [0, 0.05) is 31.4 Å². The first-order valence-electron chi connectivity index (χ1n) is 28.2. The summed E-state index contributed by atoms with van der Waals surface area (Å²) in [5.41, 5.74) is 4.79. The summed E-state index contributed by atoms with van der Waals surface area (Å²) < 4.78 is 59.1. The molecule has 438 valence electrons. The van der Waals surface area contributed by atoms with Crippen molar-refractivity contribution in [3.8, 4) is 0 Å². The van der Waals surface area contributed by atoms with Crippen LogP contribution in [0, 0.1) is 17.8 Å². The Bertz CT molecular complexity index is 2010. The quantitative estimate of drug-likeness (QED) is 0.0187. The fourth-order valence-corrected chi connectivity index (χ4v) is 11.5. The van der Waals surface area contributed by atoms with Gasteiger partial charge < -0.3 is 50.2 Å². The number of hydrogen-bond acceptors (Lipinski definition) is 18. The Balaban J connectivity index is 1.68. The van der Waals surface area contributed by atoms with Gasteiger partial charge in [0.05, 0.1) is 37.4 Å². The van der Waals surface area contributed by atoms with Crippen molar-refractivity contribution in [2.45, 2.75) is 243 Å². The van der Waals surface area contributed by atoms with Gasteiger partial charge in [-0.25, -0.2) is 13.9 Å². The lowest BCUT2D eigenvalue weighted by molar-refractivity contribution is -0.188. The van der Waals surface area contributed by atoms with E-state index in [9.17, 15) is 58.5 Å². The average Bonchev–Trinajstić information content (AvgIpc) is 3.36. The number of ether oxygens (including phenoxy) is 3. The molecule has 76 heavy (non-hydrogen) atoms. The molecule has 2 fully saturated rings. The second-order valence-electron chi connectivity index (χ2n) is 20.8. The van der Waals surface area contributed by atoms with Crippen molar-refractivity contribution in [2.24, 2.45) is 17.8 Å². The molecule has 2 bridgehead atoms. The first-order valence-corrected chi connectivity index (χ1v) is 31.2. The number of rotatable bonds is 27. The molecule has 0 radical (unpaired) electrons. The molecule has 0 saturated carbocycles. The van der Waals surface area contributed by atoms with Gasteiger partial charge in [-0.15, -0.1) is 0 Å². The Morgan fingerprint density at radius 3 is 2.04 bits per heavy atom. The third-order valence-corrected chi connectivity index (χ3v) is 16.9. The van der Waals surface area contributed by atoms with Crippen LogP contribution < -0.4 is 11.4 Å². The fraction of sp³-hybridized carbons (Fsp3) is 0.830. The van der Waals surface area contributed by atoms with Crippen molar-refractivity contribution in [1.82, 2.24) is 9.55 Å². The summed E-state index contributed by atoms with van der Waals surface area (Å²) in [6.45, 7) is 3.88. The van der Waals surface area contributed by atoms with Crippen LogP contribution in [0.1, 0.15) is 207 Å². The van der Waals surface area contributed by atoms with Gasteiger partial charge in [-0.1, -0.05) is 168 Å². The molecule has 1 aromatic heterocycles. The van der Waals surface area contributed by atoms with Crippen LogP contribution in [0.4, 0.5) is 5.82 Å². The summed E-state index contributed by atoms with van der Waals surface area (Å²) in [7, 11) is -11.3. The number of fused-ring (bicyclic) bond motifs is 3. The molecule has 2 aliphatic rings. The van der Waals surface area contributed by atoms with Crippen molar-refractivity contribution in [1.29, 1.82) is 0 Å². The van der Waals surface area contributed by atoms with Crippen LogP contribution >= 0.6 is 15.6 Å². The summed E-state index contributed by atoms with van der Waals surface area (Å²) in [6, 6.07) is 1.25. The number of carbonyl (C=O) groups excluding carboxylic acids is 3. The summed E-state index contributed by atoms with van der Waals surface area (Å²) in [6.07, 6.45) is 14.2. The Morgan fingerprint density at radius 1 is 0.829 bits per heavy atom. The molecule has 0 aromatic carbocycles. The molecule has 3 heterocycles. The Hall–Kier alpha value is -2.91. The smallest absolute Gasteiger partial charge is 0.462 e. The third-order valence-electron chi connectivity index (χ3n) is 14.3. The second kappa shape index (κ2) is 37.1. The third kappa shape index (κ3) is 27.3. The largest absolute Gasteiger partial charge is 0.481 e. The lowest BCUT2D eigenvalue weighted by atomic mass is 9.83. The van der Waals surface area contributed by atoms with Gasteiger partial charge in [0.25, 0.3) is 0 Å². The zero-order valence-electron chi connectivity index (χ0n) is 45.5. The van der Waals surface area contributed by atoms with E-state index in [4.69, 9.17) is 29.0 Å². The maximum absolute atomic E-state index is 14.0. The summed E-state index contributed by atoms with van der Waals surface area (Å²) in [5, 5.41) is 45.8. The van der Waals surface area contributed by atoms with Gasteiger partial charge in [-0.2, -0.15) is 9.29 Å². The van der Waals surface area contributed by atoms with Crippen LogP contribution in [0.25, 0.3) is 0 Å². The fourth-order valence-electron chi connectivity index (χ4n) is 9.43. The number of ketones is 1. The molecule has 23 heteroatoms. The minimum Gasteiger partial charge on any atom is -0.462 e. The van der Waals surface area contributed by atoms with Crippen molar-refractivity contribution in [3.05, 3.63) is 34.9 Å². The van der Waals surface area contributed by atoms with E-state index in [1.165, 1.54) is 95.0 Å². The number of phosphoric ester groups is 2. The number of esters is 2. The maximum Gasteiger partial charge on any atom is 0.481 e. The lowest BCUT2D eigenvalue weighted by Crippen LogP contribution is -2.51. The number of unbranched alkanes of at least 4 members (excludes halogenated alkanes) is 15. The molecular formula is C53H93N3O18P2. The number of cyclic esters (lactones) is 1. The highest BCUT2D eigenvalue weighted by atomic mass is 31.3. The number of nitrogen functional groups attached to an aromatic ring is 1. The van der Waals surface area contributed by atoms with Gasteiger partial charge in [-0.05, 0) is 37.7 Å². The zero-order valence-corrected chi connectivity index (χ0v) is 47.2.